The maximum Gasteiger partial charge on any atom is 0.138 e. The van der Waals surface area contributed by atoms with Gasteiger partial charge >= 0.3 is 0 Å². The minimum absolute atomic E-state index is 0.705. The van der Waals surface area contributed by atoms with E-state index in [9.17, 15) is 0 Å². The van der Waals surface area contributed by atoms with Crippen LogP contribution < -0.4 is 0 Å². The number of hydrogen-bond donors (Lipinski definition) is 0. The summed E-state index contributed by atoms with van der Waals surface area (Å²) in [6, 6.07) is 0.705. The molecule has 2 atom stereocenters. The predicted octanol–water partition coefficient (Wildman–Crippen LogP) is 1.08. The molecule has 3 heterocycles. The normalized spacial score (nSPS) is 31.0. The molecule has 0 amide bonds. The summed E-state index contributed by atoms with van der Waals surface area (Å²) in [5.41, 5.74) is 0.946. The van der Waals surface area contributed by atoms with Crippen molar-refractivity contribution >= 4 is 23.1 Å². The molecule has 3 rings (SSSR count). The second-order valence-corrected chi connectivity index (χ2v) is 5.56. The van der Waals surface area contributed by atoms with Gasteiger partial charge < -0.3 is 4.90 Å². The summed E-state index contributed by atoms with van der Waals surface area (Å²) in [7, 11) is 0. The lowest BCUT2D eigenvalue weighted by atomic mass is 10.2. The average Bonchev–Trinajstić information content (AvgIpc) is 2.80. The van der Waals surface area contributed by atoms with E-state index in [1.165, 1.54) is 37.6 Å². The van der Waals surface area contributed by atoms with Crippen LogP contribution in [0.25, 0.3) is 0 Å². The summed E-state index contributed by atoms with van der Waals surface area (Å²) in [6.45, 7) is 5.66. The van der Waals surface area contributed by atoms with E-state index in [1.54, 1.807) is 0 Å². The Labute approximate surface area is 98.0 Å². The van der Waals surface area contributed by atoms with Crippen LogP contribution in [0.1, 0.15) is 12.1 Å². The second kappa shape index (κ2) is 3.97. The molecule has 0 radical (unpaired) electrons. The van der Waals surface area contributed by atoms with Crippen LogP contribution in [0.2, 0.25) is 4.34 Å². The Morgan fingerprint density at radius 2 is 2.33 bits per heavy atom. The average molecular weight is 245 g/mol. The number of nitrogens with zero attached hydrogens (tertiary/aromatic N) is 4. The summed E-state index contributed by atoms with van der Waals surface area (Å²) < 4.78 is 4.62. The summed E-state index contributed by atoms with van der Waals surface area (Å²) >= 11 is 7.30. The molecule has 6 heteroatoms. The fourth-order valence-electron chi connectivity index (χ4n) is 2.46. The van der Waals surface area contributed by atoms with Crippen LogP contribution in [0.5, 0.6) is 0 Å². The molecule has 4 nitrogen and oxygen atoms in total. The van der Waals surface area contributed by atoms with Crippen LogP contribution in [-0.2, 0) is 6.54 Å². The Morgan fingerprint density at radius 1 is 1.40 bits per heavy atom. The van der Waals surface area contributed by atoms with Gasteiger partial charge in [0.1, 0.15) is 10.0 Å². The smallest absolute Gasteiger partial charge is 0.138 e. The van der Waals surface area contributed by atoms with Gasteiger partial charge in [0.15, 0.2) is 0 Å². The molecule has 82 valence electrons. The maximum absolute atomic E-state index is 6.02. The van der Waals surface area contributed by atoms with Gasteiger partial charge in [-0.15, -0.1) is 5.10 Å². The van der Waals surface area contributed by atoms with E-state index in [1.807, 2.05) is 0 Å². The molecule has 0 N–H and O–H groups in total. The number of aromatic nitrogens is 2. The first-order valence-corrected chi connectivity index (χ1v) is 6.41. The summed E-state index contributed by atoms with van der Waals surface area (Å²) in [6.07, 6.45) is 1.29. The quantitative estimate of drug-likeness (QED) is 0.780. The van der Waals surface area contributed by atoms with Gasteiger partial charge in [0.25, 0.3) is 0 Å². The van der Waals surface area contributed by atoms with Gasteiger partial charge in [-0.1, -0.05) is 16.1 Å². The molecule has 0 aliphatic carbocycles. The first-order chi connectivity index (χ1) is 7.33. The van der Waals surface area contributed by atoms with E-state index >= 15 is 0 Å². The van der Waals surface area contributed by atoms with E-state index in [4.69, 9.17) is 11.6 Å². The highest BCUT2D eigenvalue weighted by atomic mass is 35.5. The lowest BCUT2D eigenvalue weighted by Gasteiger charge is -2.33. The fourth-order valence-corrected chi connectivity index (χ4v) is 3.07. The Hall–Kier alpha value is -0.230. The molecule has 0 spiro atoms. The van der Waals surface area contributed by atoms with E-state index in [0.717, 1.165) is 23.1 Å². The molecule has 0 aromatic carbocycles. The highest BCUT2D eigenvalue weighted by Crippen LogP contribution is 2.25. The standard InChI is InChI=1S/C9H13ClN4S/c10-9-8(11-12-15-9)6-14-4-3-13-2-1-7(14)5-13/h7H,1-6H2. The third-order valence-corrected chi connectivity index (χ3v) is 4.31. The van der Waals surface area contributed by atoms with E-state index < -0.39 is 0 Å². The van der Waals surface area contributed by atoms with Crippen molar-refractivity contribution in [3.05, 3.63) is 10.0 Å². The molecule has 2 aliphatic heterocycles. The third-order valence-electron chi connectivity index (χ3n) is 3.33. The van der Waals surface area contributed by atoms with Crippen molar-refractivity contribution in [1.29, 1.82) is 0 Å². The third kappa shape index (κ3) is 1.89. The number of fused-ring (bicyclic) bond motifs is 2. The van der Waals surface area contributed by atoms with Crippen molar-refractivity contribution < 1.29 is 0 Å². The van der Waals surface area contributed by atoms with Gasteiger partial charge in [0, 0.05) is 43.8 Å². The highest BCUT2D eigenvalue weighted by Gasteiger charge is 2.32. The van der Waals surface area contributed by atoms with Gasteiger partial charge in [0.2, 0.25) is 0 Å². The van der Waals surface area contributed by atoms with E-state index in [2.05, 4.69) is 19.4 Å². The Balaban J connectivity index is 1.70. The lowest BCUT2D eigenvalue weighted by molar-refractivity contribution is 0.127. The first-order valence-electron chi connectivity index (χ1n) is 5.26. The van der Waals surface area contributed by atoms with Crippen LogP contribution in [0.4, 0.5) is 0 Å². The van der Waals surface area contributed by atoms with Gasteiger partial charge in [0.05, 0.1) is 0 Å². The molecule has 2 saturated heterocycles. The Kier molecular flexibility index (Phi) is 2.64. The highest BCUT2D eigenvalue weighted by molar-refractivity contribution is 7.10. The van der Waals surface area contributed by atoms with Crippen LogP contribution in [0.15, 0.2) is 0 Å². The van der Waals surface area contributed by atoms with E-state index in [-0.39, 0.29) is 0 Å². The number of rotatable bonds is 2. The zero-order valence-electron chi connectivity index (χ0n) is 8.40. The molecule has 1 aromatic rings. The molecular formula is C9H13ClN4S. The Bertz CT molecular complexity index is 356. The monoisotopic (exact) mass is 244 g/mol. The minimum atomic E-state index is 0.705. The molecular weight excluding hydrogens is 232 g/mol. The molecule has 15 heavy (non-hydrogen) atoms. The van der Waals surface area contributed by atoms with Crippen molar-refractivity contribution in [2.45, 2.75) is 19.0 Å². The zero-order chi connectivity index (χ0) is 10.3. The predicted molar refractivity (Wildman–Crippen MR) is 60.2 cm³/mol. The largest absolute Gasteiger partial charge is 0.300 e. The van der Waals surface area contributed by atoms with Gasteiger partial charge in [-0.3, -0.25) is 4.90 Å². The zero-order valence-corrected chi connectivity index (χ0v) is 9.97. The first kappa shape index (κ1) is 9.96. The lowest BCUT2D eigenvalue weighted by Crippen LogP contribution is -2.46. The topological polar surface area (TPSA) is 32.3 Å². The van der Waals surface area contributed by atoms with Crippen LogP contribution in [0, 0.1) is 0 Å². The fraction of sp³-hybridized carbons (Fsp3) is 0.778. The van der Waals surface area contributed by atoms with Crippen molar-refractivity contribution in [3.63, 3.8) is 0 Å². The summed E-state index contributed by atoms with van der Waals surface area (Å²) in [5, 5.41) is 4.07. The molecule has 0 saturated carbocycles. The van der Waals surface area contributed by atoms with Crippen molar-refractivity contribution in [2.75, 3.05) is 26.2 Å². The molecule has 1 aromatic heterocycles. The van der Waals surface area contributed by atoms with Crippen LogP contribution >= 0.6 is 23.1 Å². The Morgan fingerprint density at radius 3 is 3.13 bits per heavy atom. The minimum Gasteiger partial charge on any atom is -0.300 e. The van der Waals surface area contributed by atoms with Gasteiger partial charge in [-0.05, 0) is 13.0 Å². The van der Waals surface area contributed by atoms with Crippen molar-refractivity contribution in [1.82, 2.24) is 19.4 Å². The van der Waals surface area contributed by atoms with Crippen molar-refractivity contribution in [3.8, 4) is 0 Å². The SMILES string of the molecule is Clc1snnc1CN1CCN2CCC1C2. The molecule has 2 fully saturated rings. The van der Waals surface area contributed by atoms with E-state index in [0.29, 0.717) is 6.04 Å². The maximum atomic E-state index is 6.02. The number of halogens is 1. The number of piperazine rings is 1. The molecule has 2 bridgehead atoms. The van der Waals surface area contributed by atoms with Crippen LogP contribution in [0.3, 0.4) is 0 Å². The summed E-state index contributed by atoms with van der Waals surface area (Å²) in [4.78, 5) is 5.02. The van der Waals surface area contributed by atoms with Crippen LogP contribution in [-0.4, -0.2) is 51.6 Å². The van der Waals surface area contributed by atoms with Gasteiger partial charge in [-0.25, -0.2) is 0 Å². The second-order valence-electron chi connectivity index (χ2n) is 4.21. The number of hydrogen-bond acceptors (Lipinski definition) is 5. The summed E-state index contributed by atoms with van der Waals surface area (Å²) in [5.74, 6) is 0. The van der Waals surface area contributed by atoms with Crippen molar-refractivity contribution in [2.24, 2.45) is 0 Å². The van der Waals surface area contributed by atoms with Gasteiger partial charge in [-0.2, -0.15) is 0 Å². The molecule has 2 aliphatic rings. The molecule has 2 unspecified atom stereocenters.